The molecular weight excluding hydrogens is 366 g/mol. The van der Waals surface area contributed by atoms with Gasteiger partial charge in [-0.25, -0.2) is 10.5 Å². The fourth-order valence-corrected chi connectivity index (χ4v) is 2.69. The van der Waals surface area contributed by atoms with Crippen LogP contribution in [0.25, 0.3) is 0 Å². The van der Waals surface area contributed by atoms with Crippen molar-refractivity contribution >= 4 is 35.0 Å². The molecule has 27 heavy (non-hydrogen) atoms. The molecule has 3 rings (SSSR count). The van der Waals surface area contributed by atoms with Crippen molar-refractivity contribution in [3.63, 3.8) is 0 Å². The fourth-order valence-electron chi connectivity index (χ4n) is 2.07. The number of hydrogen-bond donors (Lipinski definition) is 4. The molecule has 0 bridgehead atoms. The number of nitrogens with zero attached hydrogens (tertiary/aromatic N) is 3. The van der Waals surface area contributed by atoms with Crippen LogP contribution in [0.5, 0.6) is 0 Å². The Bertz CT molecular complexity index is 904. The van der Waals surface area contributed by atoms with Gasteiger partial charge in [0.05, 0.1) is 24.3 Å². The smallest absolute Gasteiger partial charge is 0.240 e. The van der Waals surface area contributed by atoms with E-state index in [1.54, 1.807) is 18.4 Å². The van der Waals surface area contributed by atoms with E-state index in [2.05, 4.69) is 31.0 Å². The van der Waals surface area contributed by atoms with Gasteiger partial charge in [-0.1, -0.05) is 23.9 Å². The summed E-state index contributed by atoms with van der Waals surface area (Å²) in [6.45, 7) is 2.22. The van der Waals surface area contributed by atoms with Crippen LogP contribution in [0.4, 0.5) is 11.6 Å². The van der Waals surface area contributed by atoms with E-state index in [-0.39, 0.29) is 11.7 Å². The van der Waals surface area contributed by atoms with E-state index in [0.29, 0.717) is 29.1 Å². The lowest BCUT2D eigenvalue weighted by molar-refractivity contribution is -0.118. The highest BCUT2D eigenvalue weighted by Crippen LogP contribution is 2.14. The number of benzene rings is 1. The zero-order chi connectivity index (χ0) is 19.1. The van der Waals surface area contributed by atoms with Gasteiger partial charge in [-0.3, -0.25) is 4.79 Å². The van der Waals surface area contributed by atoms with Crippen molar-refractivity contribution in [2.45, 2.75) is 18.6 Å². The molecule has 5 N–H and O–H groups in total. The molecule has 0 saturated heterocycles. The Morgan fingerprint density at radius 3 is 2.89 bits per heavy atom. The molecule has 0 radical (unpaired) electrons. The Morgan fingerprint density at radius 2 is 2.15 bits per heavy atom. The van der Waals surface area contributed by atoms with Crippen LogP contribution in [-0.4, -0.2) is 32.6 Å². The van der Waals surface area contributed by atoms with Crippen molar-refractivity contribution in [2.75, 3.05) is 16.9 Å². The minimum absolute atomic E-state index is 0.132. The normalized spacial score (nSPS) is 11.4. The van der Waals surface area contributed by atoms with Gasteiger partial charge in [0, 0.05) is 5.69 Å². The number of H-pyrrole nitrogens is 1. The second-order valence-electron chi connectivity index (χ2n) is 5.54. The summed E-state index contributed by atoms with van der Waals surface area (Å²) in [5, 5.41) is 14.2. The summed E-state index contributed by atoms with van der Waals surface area (Å²) in [5.41, 5.74) is 10.9. The Balaban J connectivity index is 1.45. The second-order valence-corrected chi connectivity index (χ2v) is 6.48. The maximum Gasteiger partial charge on any atom is 0.240 e. The van der Waals surface area contributed by atoms with E-state index in [4.69, 9.17) is 10.2 Å². The number of carbonyl (C=O) groups is 1. The molecule has 0 atom stereocenters. The molecule has 0 fully saturated rings. The van der Waals surface area contributed by atoms with Crippen LogP contribution < -0.4 is 16.5 Å². The Morgan fingerprint density at radius 1 is 1.33 bits per heavy atom. The third-order valence-electron chi connectivity index (χ3n) is 3.50. The van der Waals surface area contributed by atoms with Crippen molar-refractivity contribution in [3.8, 4) is 0 Å². The highest BCUT2D eigenvalue weighted by atomic mass is 32.2. The predicted octanol–water partition coefficient (Wildman–Crippen LogP) is 2.22. The lowest BCUT2D eigenvalue weighted by Crippen LogP contribution is -2.24. The molecule has 10 heteroatoms. The highest BCUT2D eigenvalue weighted by Gasteiger charge is 2.08. The third-order valence-corrected chi connectivity index (χ3v) is 4.34. The van der Waals surface area contributed by atoms with Crippen LogP contribution in [0.15, 0.2) is 57.3 Å². The number of aromatic amines is 1. The first-order valence-electron chi connectivity index (χ1n) is 8.10. The minimum atomic E-state index is -0.132. The standard InChI is InChI=1S/C17H19N7O2S/c1-11(12-4-6-13(18)7-5-12)21-22-16-20-17(24-23-16)27-10-15(25)19-9-14-3-2-8-26-14/h2-8H,9-10,18H2,1H3,(H,19,25)(H2,20,22,23,24)/b21-11+. The maximum atomic E-state index is 11.8. The fraction of sp³-hybridized carbons (Fsp3) is 0.176. The average Bonchev–Trinajstić information content (AvgIpc) is 3.35. The number of aromatic nitrogens is 3. The summed E-state index contributed by atoms with van der Waals surface area (Å²) < 4.78 is 5.16. The molecule has 3 aromatic rings. The number of nitrogen functional groups attached to an aromatic ring is 1. The number of nitrogens with two attached hydrogens (primary N) is 1. The van der Waals surface area contributed by atoms with Gasteiger partial charge in [0.15, 0.2) is 0 Å². The van der Waals surface area contributed by atoms with E-state index in [9.17, 15) is 4.79 Å². The number of anilines is 2. The summed E-state index contributed by atoms with van der Waals surface area (Å²) >= 11 is 1.22. The predicted molar refractivity (Wildman–Crippen MR) is 104 cm³/mol. The summed E-state index contributed by atoms with van der Waals surface area (Å²) in [4.78, 5) is 16.1. The Hall–Kier alpha value is -3.27. The van der Waals surface area contributed by atoms with E-state index in [1.165, 1.54) is 11.8 Å². The van der Waals surface area contributed by atoms with Crippen LogP contribution >= 0.6 is 11.8 Å². The maximum absolute atomic E-state index is 11.8. The molecule has 2 aromatic heterocycles. The molecule has 2 heterocycles. The van der Waals surface area contributed by atoms with Gasteiger partial charge in [0.1, 0.15) is 5.76 Å². The zero-order valence-electron chi connectivity index (χ0n) is 14.6. The molecule has 1 aromatic carbocycles. The third kappa shape index (κ3) is 5.61. The largest absolute Gasteiger partial charge is 0.467 e. The first kappa shape index (κ1) is 18.5. The van der Waals surface area contributed by atoms with Gasteiger partial charge < -0.3 is 15.5 Å². The first-order chi connectivity index (χ1) is 13.1. The molecule has 0 aliphatic carbocycles. The van der Waals surface area contributed by atoms with Crippen LogP contribution in [0.3, 0.4) is 0 Å². The number of carbonyl (C=O) groups excluding carboxylic acids is 1. The molecule has 9 nitrogen and oxygen atoms in total. The number of hydrogen-bond acceptors (Lipinski definition) is 8. The Labute approximate surface area is 159 Å². The van der Waals surface area contributed by atoms with E-state index < -0.39 is 0 Å². The Kier molecular flexibility index (Phi) is 6.10. The average molecular weight is 385 g/mol. The number of furan rings is 1. The number of thioether (sulfide) groups is 1. The van der Waals surface area contributed by atoms with Gasteiger partial charge >= 0.3 is 0 Å². The van der Waals surface area contributed by atoms with Crippen LogP contribution in [0.1, 0.15) is 18.2 Å². The molecule has 0 aliphatic rings. The van der Waals surface area contributed by atoms with Crippen molar-refractivity contribution < 1.29 is 9.21 Å². The molecule has 0 aliphatic heterocycles. The van der Waals surface area contributed by atoms with Crippen LogP contribution in [0.2, 0.25) is 0 Å². The molecule has 0 spiro atoms. The number of amides is 1. The van der Waals surface area contributed by atoms with Gasteiger partial charge in [0.25, 0.3) is 0 Å². The van der Waals surface area contributed by atoms with Crippen LogP contribution in [0, 0.1) is 0 Å². The second kappa shape index (κ2) is 8.90. The van der Waals surface area contributed by atoms with Gasteiger partial charge in [-0.2, -0.15) is 10.1 Å². The molecule has 0 unspecified atom stereocenters. The van der Waals surface area contributed by atoms with Crippen LogP contribution in [-0.2, 0) is 11.3 Å². The number of hydrazone groups is 1. The van der Waals surface area contributed by atoms with Crippen molar-refractivity contribution in [2.24, 2.45) is 5.10 Å². The summed E-state index contributed by atoms with van der Waals surface area (Å²) in [6.07, 6.45) is 1.57. The summed E-state index contributed by atoms with van der Waals surface area (Å²) in [7, 11) is 0. The van der Waals surface area contributed by atoms with Gasteiger partial charge in [0.2, 0.25) is 17.0 Å². The van der Waals surface area contributed by atoms with Gasteiger partial charge in [-0.15, -0.1) is 5.10 Å². The van der Waals surface area contributed by atoms with E-state index in [1.807, 2.05) is 31.2 Å². The van der Waals surface area contributed by atoms with Crippen molar-refractivity contribution in [3.05, 3.63) is 54.0 Å². The van der Waals surface area contributed by atoms with E-state index in [0.717, 1.165) is 11.3 Å². The van der Waals surface area contributed by atoms with Crippen molar-refractivity contribution in [1.82, 2.24) is 20.5 Å². The summed E-state index contributed by atoms with van der Waals surface area (Å²) in [5.74, 6) is 1.16. The lowest BCUT2D eigenvalue weighted by Gasteiger charge is -2.02. The lowest BCUT2D eigenvalue weighted by atomic mass is 10.1. The monoisotopic (exact) mass is 385 g/mol. The molecule has 0 saturated carbocycles. The molecule has 140 valence electrons. The SMILES string of the molecule is C/C(=N\Nc1nc(SCC(=O)NCc2ccco2)n[nH]1)c1ccc(N)cc1. The first-order valence-corrected chi connectivity index (χ1v) is 9.09. The van der Waals surface area contributed by atoms with Crippen molar-refractivity contribution in [1.29, 1.82) is 0 Å². The number of rotatable bonds is 8. The van der Waals surface area contributed by atoms with Gasteiger partial charge in [-0.05, 0) is 36.8 Å². The highest BCUT2D eigenvalue weighted by molar-refractivity contribution is 7.99. The molecule has 1 amide bonds. The number of nitrogens with one attached hydrogen (secondary N) is 3. The summed E-state index contributed by atoms with van der Waals surface area (Å²) in [6, 6.07) is 11.0. The zero-order valence-corrected chi connectivity index (χ0v) is 15.4. The van der Waals surface area contributed by atoms with E-state index >= 15 is 0 Å². The minimum Gasteiger partial charge on any atom is -0.467 e. The quantitative estimate of drug-likeness (QED) is 0.202. The topological polar surface area (TPSA) is 134 Å². The molecular formula is C17H19N7O2S.